The van der Waals surface area contributed by atoms with Gasteiger partial charge in [0.15, 0.2) is 0 Å². The van der Waals surface area contributed by atoms with Crippen LogP contribution in [0.2, 0.25) is 0 Å². The topological polar surface area (TPSA) is 0 Å². The third-order valence-electron chi connectivity index (χ3n) is 8.48. The van der Waals surface area contributed by atoms with Crippen LogP contribution in [0, 0.1) is 0 Å². The van der Waals surface area contributed by atoms with Gasteiger partial charge in [0.05, 0.1) is 0 Å². The molecule has 0 fully saturated rings. The fourth-order valence-electron chi connectivity index (χ4n) is 6.88. The van der Waals surface area contributed by atoms with Crippen LogP contribution < -0.4 is 0 Å². The van der Waals surface area contributed by atoms with Crippen molar-refractivity contribution in [1.82, 2.24) is 0 Å². The van der Waals surface area contributed by atoms with Gasteiger partial charge in [-0.3, -0.25) is 0 Å². The zero-order valence-corrected chi connectivity index (χ0v) is 22.1. The predicted octanol–water partition coefficient (Wildman–Crippen LogP) is 9.88. The highest BCUT2D eigenvalue weighted by Crippen LogP contribution is 2.55. The van der Waals surface area contributed by atoms with Crippen molar-refractivity contribution < 1.29 is 0 Å². The Morgan fingerprint density at radius 1 is 0.514 bits per heavy atom. The lowest BCUT2D eigenvalue weighted by Crippen LogP contribution is -2.17. The van der Waals surface area contributed by atoms with Crippen LogP contribution >= 0.6 is 15.9 Å². The second-order valence-electron chi connectivity index (χ2n) is 11.1. The first-order valence-electron chi connectivity index (χ1n) is 12.4. The van der Waals surface area contributed by atoms with Gasteiger partial charge >= 0.3 is 0 Å². The van der Waals surface area contributed by atoms with Crippen molar-refractivity contribution in [3.63, 3.8) is 0 Å². The van der Waals surface area contributed by atoms with Crippen molar-refractivity contribution >= 4 is 26.7 Å². The quantitative estimate of drug-likeness (QED) is 0.208. The van der Waals surface area contributed by atoms with Gasteiger partial charge in [0.1, 0.15) is 0 Å². The summed E-state index contributed by atoms with van der Waals surface area (Å²) in [5.41, 5.74) is 13.8. The number of rotatable bonds is 1. The number of fused-ring (bicyclic) bond motifs is 8. The van der Waals surface area contributed by atoms with Crippen molar-refractivity contribution in [3.05, 3.63) is 118 Å². The summed E-state index contributed by atoms with van der Waals surface area (Å²) >= 11 is 3.69. The van der Waals surface area contributed by atoms with Gasteiger partial charge in [0.25, 0.3) is 0 Å². The van der Waals surface area contributed by atoms with Crippen LogP contribution in [-0.2, 0) is 10.8 Å². The molecule has 0 N–H and O–H groups in total. The van der Waals surface area contributed by atoms with Gasteiger partial charge < -0.3 is 0 Å². The van der Waals surface area contributed by atoms with E-state index in [0.717, 1.165) is 4.47 Å². The molecule has 5 aromatic carbocycles. The number of benzene rings is 5. The molecular formula is C34H27Br. The Morgan fingerprint density at radius 3 is 2.11 bits per heavy atom. The molecule has 0 amide bonds. The highest BCUT2D eigenvalue weighted by molar-refractivity contribution is 9.10. The van der Waals surface area contributed by atoms with Crippen molar-refractivity contribution in [3.8, 4) is 33.4 Å². The lowest BCUT2D eigenvalue weighted by Gasteiger charge is -2.26. The van der Waals surface area contributed by atoms with E-state index >= 15 is 0 Å². The minimum atomic E-state index is -0.0802. The lowest BCUT2D eigenvalue weighted by molar-refractivity contribution is 0.660. The number of hydrogen-bond donors (Lipinski definition) is 0. The molecule has 0 atom stereocenters. The number of hydrogen-bond acceptors (Lipinski definition) is 0. The zero-order chi connectivity index (χ0) is 24.1. The van der Waals surface area contributed by atoms with E-state index < -0.39 is 0 Å². The normalized spacial score (nSPS) is 16.0. The largest absolute Gasteiger partial charge is 0.0616 e. The molecule has 0 saturated heterocycles. The molecule has 2 aliphatic rings. The van der Waals surface area contributed by atoms with Crippen LogP contribution in [0.25, 0.3) is 44.2 Å². The van der Waals surface area contributed by atoms with E-state index in [9.17, 15) is 0 Å². The van der Waals surface area contributed by atoms with Crippen LogP contribution in [0.15, 0.2) is 95.5 Å². The summed E-state index contributed by atoms with van der Waals surface area (Å²) in [7, 11) is 0. The third-order valence-corrected chi connectivity index (χ3v) is 8.98. The highest BCUT2D eigenvalue weighted by Gasteiger charge is 2.40. The van der Waals surface area contributed by atoms with Gasteiger partial charge in [-0.25, -0.2) is 0 Å². The first-order valence-corrected chi connectivity index (χ1v) is 13.2. The maximum absolute atomic E-state index is 3.69. The lowest BCUT2D eigenvalue weighted by atomic mass is 9.77. The van der Waals surface area contributed by atoms with Gasteiger partial charge in [-0.1, -0.05) is 116 Å². The van der Waals surface area contributed by atoms with E-state index in [1.165, 1.54) is 66.4 Å². The minimum absolute atomic E-state index is 0.0000340. The molecule has 0 saturated carbocycles. The second kappa shape index (κ2) is 6.95. The zero-order valence-electron chi connectivity index (χ0n) is 20.5. The first kappa shape index (κ1) is 21.1. The summed E-state index contributed by atoms with van der Waals surface area (Å²) in [5, 5.41) is 2.68. The van der Waals surface area contributed by atoms with Crippen molar-refractivity contribution in [2.24, 2.45) is 0 Å². The van der Waals surface area contributed by atoms with E-state index in [0.29, 0.717) is 0 Å². The van der Waals surface area contributed by atoms with Gasteiger partial charge in [-0.15, -0.1) is 0 Å². The molecule has 7 rings (SSSR count). The molecule has 1 heteroatoms. The summed E-state index contributed by atoms with van der Waals surface area (Å²) < 4.78 is 1.14. The van der Waals surface area contributed by atoms with Crippen LogP contribution in [-0.4, -0.2) is 0 Å². The summed E-state index contributed by atoms with van der Waals surface area (Å²) in [6.45, 7) is 9.48. The molecule has 0 nitrogen and oxygen atoms in total. The number of halogens is 1. The molecule has 35 heavy (non-hydrogen) atoms. The standard InChI is InChI=1S/C34H27Br/c1-33(2)29-17-13-21(18-28(29)25-16-14-22(35)19-30(25)33)24-10-7-11-26-27-15-12-20-8-5-6-9-23(20)31(27)34(3,4)32(24)26/h5-19H,1-4H3. The Balaban J connectivity index is 1.47. The average Bonchev–Trinajstić information content (AvgIpc) is 3.23. The predicted molar refractivity (Wildman–Crippen MR) is 152 cm³/mol. The van der Waals surface area contributed by atoms with Crippen LogP contribution in [0.1, 0.15) is 49.9 Å². The summed E-state index contributed by atoms with van der Waals surface area (Å²) in [6, 6.07) is 34.2. The van der Waals surface area contributed by atoms with Gasteiger partial charge in [-0.05, 0) is 84.6 Å². The van der Waals surface area contributed by atoms with Gasteiger partial charge in [0.2, 0.25) is 0 Å². The average molecular weight is 515 g/mol. The van der Waals surface area contributed by atoms with Gasteiger partial charge in [-0.2, -0.15) is 0 Å². The van der Waals surface area contributed by atoms with Crippen LogP contribution in [0.5, 0.6) is 0 Å². The molecule has 2 aliphatic carbocycles. The Labute approximate surface area is 215 Å². The smallest absolute Gasteiger partial charge is 0.0178 e. The van der Waals surface area contributed by atoms with Crippen LogP contribution in [0.4, 0.5) is 0 Å². The maximum atomic E-state index is 3.69. The van der Waals surface area contributed by atoms with Crippen molar-refractivity contribution in [2.45, 2.75) is 38.5 Å². The Hall–Kier alpha value is -3.16. The van der Waals surface area contributed by atoms with E-state index in [-0.39, 0.29) is 10.8 Å². The van der Waals surface area contributed by atoms with Crippen LogP contribution in [0.3, 0.4) is 0 Å². The fourth-order valence-corrected chi connectivity index (χ4v) is 7.24. The summed E-state index contributed by atoms with van der Waals surface area (Å²) in [6.07, 6.45) is 0. The molecular weight excluding hydrogens is 488 g/mol. The Bertz CT molecular complexity index is 1700. The second-order valence-corrected chi connectivity index (χ2v) is 12.1. The minimum Gasteiger partial charge on any atom is -0.0616 e. The molecule has 170 valence electrons. The SMILES string of the molecule is CC1(C)c2ccc(-c3cccc4c3C(C)(C)c3c-4ccc4ccccc34)cc2-c2ccc(Br)cc21. The molecule has 5 aromatic rings. The molecule has 0 unspecified atom stereocenters. The van der Waals surface area contributed by atoms with E-state index in [2.05, 4.69) is 135 Å². The van der Waals surface area contributed by atoms with Crippen molar-refractivity contribution in [2.75, 3.05) is 0 Å². The van der Waals surface area contributed by atoms with Gasteiger partial charge in [0, 0.05) is 15.3 Å². The molecule has 0 heterocycles. The molecule has 0 spiro atoms. The maximum Gasteiger partial charge on any atom is 0.0178 e. The van der Waals surface area contributed by atoms with E-state index in [1.54, 1.807) is 0 Å². The van der Waals surface area contributed by atoms with E-state index in [4.69, 9.17) is 0 Å². The molecule has 0 aliphatic heterocycles. The fraction of sp³-hybridized carbons (Fsp3) is 0.176. The highest BCUT2D eigenvalue weighted by atomic mass is 79.9. The molecule has 0 aromatic heterocycles. The monoisotopic (exact) mass is 514 g/mol. The summed E-state index contributed by atoms with van der Waals surface area (Å²) in [4.78, 5) is 0. The summed E-state index contributed by atoms with van der Waals surface area (Å²) in [5.74, 6) is 0. The van der Waals surface area contributed by atoms with E-state index in [1.807, 2.05) is 0 Å². The molecule has 0 radical (unpaired) electrons. The van der Waals surface area contributed by atoms with Crippen molar-refractivity contribution in [1.29, 1.82) is 0 Å². The Morgan fingerprint density at radius 2 is 1.26 bits per heavy atom. The third kappa shape index (κ3) is 2.74. The Kier molecular flexibility index (Phi) is 4.20. The molecule has 0 bridgehead atoms. The first-order chi connectivity index (χ1) is 16.8.